The second-order valence-electron chi connectivity index (χ2n) is 6.22. The average Bonchev–Trinajstić information content (AvgIpc) is 3.13. The maximum atomic E-state index is 12.9. The molecule has 2 fully saturated rings. The number of fused-ring (bicyclic) bond motifs is 2. The van der Waals surface area contributed by atoms with Gasteiger partial charge in [0.1, 0.15) is 0 Å². The highest BCUT2D eigenvalue weighted by molar-refractivity contribution is 9.10. The van der Waals surface area contributed by atoms with Gasteiger partial charge in [0.2, 0.25) is 0 Å². The highest BCUT2D eigenvalue weighted by atomic mass is 79.9. The average molecular weight is 360 g/mol. The summed E-state index contributed by atoms with van der Waals surface area (Å²) in [6.07, 6.45) is 8.12. The van der Waals surface area contributed by atoms with E-state index in [1.165, 1.54) is 0 Å². The molecule has 4 nitrogen and oxygen atoms in total. The summed E-state index contributed by atoms with van der Waals surface area (Å²) < 4.78 is 3.02. The molecule has 2 aromatic rings. The van der Waals surface area contributed by atoms with Gasteiger partial charge in [0.25, 0.3) is 5.91 Å². The normalized spacial score (nSPS) is 27.1. The Labute approximate surface area is 138 Å². The third kappa shape index (κ3) is 2.37. The van der Waals surface area contributed by atoms with Crippen LogP contribution in [0.2, 0.25) is 0 Å². The van der Waals surface area contributed by atoms with Crippen molar-refractivity contribution in [2.45, 2.75) is 43.8 Å². The first-order valence-corrected chi connectivity index (χ1v) is 8.59. The number of aromatic nitrogens is 2. The topological polar surface area (TPSA) is 38.1 Å². The molecular weight excluding hydrogens is 342 g/mol. The van der Waals surface area contributed by atoms with E-state index in [4.69, 9.17) is 0 Å². The number of hydrogen-bond acceptors (Lipinski definition) is 2. The van der Waals surface area contributed by atoms with Crippen LogP contribution in [0.3, 0.4) is 0 Å². The van der Waals surface area contributed by atoms with E-state index < -0.39 is 0 Å². The van der Waals surface area contributed by atoms with Gasteiger partial charge in [-0.3, -0.25) is 9.48 Å². The standard InChI is InChI=1S/C17H18BrN3O/c18-13-4-1-3-12(9-13)17(22)21-14-5-6-15(21)11-16(10-14)20-8-2-7-19-20/h1-4,7-9,14-16H,5-6,10-11H2. The summed E-state index contributed by atoms with van der Waals surface area (Å²) in [5.74, 6) is 0.174. The molecular formula is C17H18BrN3O. The molecule has 0 saturated carbocycles. The van der Waals surface area contributed by atoms with Crippen LogP contribution in [0.15, 0.2) is 47.2 Å². The molecule has 1 amide bonds. The summed E-state index contributed by atoms with van der Waals surface area (Å²) in [7, 11) is 0. The number of carbonyl (C=O) groups excluding carboxylic acids is 1. The summed E-state index contributed by atoms with van der Waals surface area (Å²) in [5.41, 5.74) is 0.781. The largest absolute Gasteiger partial charge is 0.333 e. The van der Waals surface area contributed by atoms with E-state index in [2.05, 4.69) is 30.6 Å². The van der Waals surface area contributed by atoms with Gasteiger partial charge in [-0.05, 0) is 49.9 Å². The minimum atomic E-state index is 0.174. The number of amides is 1. The van der Waals surface area contributed by atoms with Crippen molar-refractivity contribution >= 4 is 21.8 Å². The molecule has 5 heteroatoms. The smallest absolute Gasteiger partial charge is 0.254 e. The van der Waals surface area contributed by atoms with Crippen LogP contribution in [0.1, 0.15) is 42.1 Å². The van der Waals surface area contributed by atoms with Crippen molar-refractivity contribution in [1.82, 2.24) is 14.7 Å². The van der Waals surface area contributed by atoms with Crippen molar-refractivity contribution in [3.05, 3.63) is 52.8 Å². The fraction of sp³-hybridized carbons (Fsp3) is 0.412. The van der Waals surface area contributed by atoms with Gasteiger partial charge in [-0.15, -0.1) is 0 Å². The van der Waals surface area contributed by atoms with Crippen LogP contribution >= 0.6 is 15.9 Å². The molecule has 1 aromatic carbocycles. The lowest BCUT2D eigenvalue weighted by Gasteiger charge is -2.39. The lowest BCUT2D eigenvalue weighted by Crippen LogP contribution is -2.47. The van der Waals surface area contributed by atoms with Gasteiger partial charge in [0, 0.05) is 34.5 Å². The van der Waals surface area contributed by atoms with E-state index in [1.807, 2.05) is 42.7 Å². The number of rotatable bonds is 2. The van der Waals surface area contributed by atoms with E-state index >= 15 is 0 Å². The highest BCUT2D eigenvalue weighted by Gasteiger charge is 2.44. The fourth-order valence-corrected chi connectivity index (χ4v) is 4.36. The van der Waals surface area contributed by atoms with Crippen LogP contribution in [0.4, 0.5) is 0 Å². The summed E-state index contributed by atoms with van der Waals surface area (Å²) >= 11 is 3.45. The Bertz CT molecular complexity index is 671. The van der Waals surface area contributed by atoms with Gasteiger partial charge in [-0.1, -0.05) is 22.0 Å². The lowest BCUT2D eigenvalue weighted by atomic mass is 9.96. The summed E-state index contributed by atoms with van der Waals surface area (Å²) in [4.78, 5) is 15.0. The number of halogens is 1. The van der Waals surface area contributed by atoms with Crippen LogP contribution < -0.4 is 0 Å². The zero-order valence-electron chi connectivity index (χ0n) is 12.2. The Morgan fingerprint density at radius 3 is 2.55 bits per heavy atom. The Morgan fingerprint density at radius 2 is 1.91 bits per heavy atom. The van der Waals surface area contributed by atoms with Crippen molar-refractivity contribution in [3.63, 3.8) is 0 Å². The molecule has 2 aliphatic heterocycles. The van der Waals surface area contributed by atoms with Gasteiger partial charge in [-0.2, -0.15) is 5.10 Å². The number of hydrogen-bond donors (Lipinski definition) is 0. The van der Waals surface area contributed by atoms with E-state index in [9.17, 15) is 4.79 Å². The molecule has 3 heterocycles. The van der Waals surface area contributed by atoms with E-state index in [0.717, 1.165) is 35.7 Å². The highest BCUT2D eigenvalue weighted by Crippen LogP contribution is 2.41. The molecule has 0 radical (unpaired) electrons. The zero-order chi connectivity index (χ0) is 15.1. The Balaban J connectivity index is 1.56. The van der Waals surface area contributed by atoms with Gasteiger partial charge in [0.05, 0.1) is 6.04 Å². The molecule has 4 rings (SSSR count). The van der Waals surface area contributed by atoms with Crippen molar-refractivity contribution in [3.8, 4) is 0 Å². The molecule has 2 unspecified atom stereocenters. The maximum Gasteiger partial charge on any atom is 0.254 e. The Hall–Kier alpha value is -1.62. The second kappa shape index (κ2) is 5.54. The van der Waals surface area contributed by atoms with E-state index in [0.29, 0.717) is 18.1 Å². The van der Waals surface area contributed by atoms with Gasteiger partial charge in [0.15, 0.2) is 0 Å². The monoisotopic (exact) mass is 359 g/mol. The molecule has 2 aliphatic rings. The van der Waals surface area contributed by atoms with Crippen LogP contribution in [0.5, 0.6) is 0 Å². The third-order valence-corrected chi connectivity index (χ3v) is 5.41. The first-order valence-electron chi connectivity index (χ1n) is 7.80. The molecule has 2 atom stereocenters. The SMILES string of the molecule is O=C(c1cccc(Br)c1)N1C2CCC1CC(n1cccn1)C2. The predicted octanol–water partition coefficient (Wildman–Crippen LogP) is 3.65. The first kappa shape index (κ1) is 14.0. The Morgan fingerprint density at radius 1 is 1.14 bits per heavy atom. The fourth-order valence-electron chi connectivity index (χ4n) is 3.96. The van der Waals surface area contributed by atoms with Crippen molar-refractivity contribution in [2.24, 2.45) is 0 Å². The van der Waals surface area contributed by atoms with Crippen molar-refractivity contribution in [1.29, 1.82) is 0 Å². The van der Waals surface area contributed by atoms with Gasteiger partial charge in [-0.25, -0.2) is 0 Å². The van der Waals surface area contributed by atoms with Crippen LogP contribution in [0, 0.1) is 0 Å². The molecule has 114 valence electrons. The van der Waals surface area contributed by atoms with Crippen LogP contribution in [0.25, 0.3) is 0 Å². The number of piperidine rings is 1. The zero-order valence-corrected chi connectivity index (χ0v) is 13.8. The molecule has 0 N–H and O–H groups in total. The number of nitrogens with zero attached hydrogens (tertiary/aromatic N) is 3. The quantitative estimate of drug-likeness (QED) is 0.820. The number of carbonyl (C=O) groups is 1. The first-order chi connectivity index (χ1) is 10.7. The third-order valence-electron chi connectivity index (χ3n) is 4.91. The molecule has 0 spiro atoms. The van der Waals surface area contributed by atoms with Gasteiger partial charge < -0.3 is 4.90 Å². The predicted molar refractivity (Wildman–Crippen MR) is 87.6 cm³/mol. The lowest BCUT2D eigenvalue weighted by molar-refractivity contribution is 0.0524. The molecule has 2 bridgehead atoms. The molecule has 1 aromatic heterocycles. The second-order valence-corrected chi connectivity index (χ2v) is 7.13. The van der Waals surface area contributed by atoms with Crippen molar-refractivity contribution < 1.29 is 4.79 Å². The van der Waals surface area contributed by atoms with Crippen molar-refractivity contribution in [2.75, 3.05) is 0 Å². The summed E-state index contributed by atoms with van der Waals surface area (Å²) in [6, 6.07) is 10.8. The van der Waals surface area contributed by atoms with Gasteiger partial charge >= 0.3 is 0 Å². The molecule has 2 saturated heterocycles. The summed E-state index contributed by atoms with van der Waals surface area (Å²) in [5, 5.41) is 4.38. The molecule has 0 aliphatic carbocycles. The summed E-state index contributed by atoms with van der Waals surface area (Å²) in [6.45, 7) is 0. The number of benzene rings is 1. The van der Waals surface area contributed by atoms with Crippen LogP contribution in [-0.2, 0) is 0 Å². The minimum absolute atomic E-state index is 0.174. The minimum Gasteiger partial charge on any atom is -0.333 e. The molecule has 22 heavy (non-hydrogen) atoms. The van der Waals surface area contributed by atoms with E-state index in [-0.39, 0.29) is 5.91 Å². The van der Waals surface area contributed by atoms with Crippen LogP contribution in [-0.4, -0.2) is 32.7 Å². The Kier molecular flexibility index (Phi) is 3.53. The van der Waals surface area contributed by atoms with E-state index in [1.54, 1.807) is 0 Å². The maximum absolute atomic E-state index is 12.9.